The molecule has 1 aliphatic rings. The highest BCUT2D eigenvalue weighted by Crippen LogP contribution is 2.37. The predicted octanol–water partition coefficient (Wildman–Crippen LogP) is 4.14. The average molecular weight is 459 g/mol. The molecule has 2 aromatic rings. The maximum Gasteiger partial charge on any atom is 0.253 e. The molecule has 1 aliphatic carbocycles. The summed E-state index contributed by atoms with van der Waals surface area (Å²) in [6.07, 6.45) is 4.44. The summed E-state index contributed by atoms with van der Waals surface area (Å²) in [7, 11) is 3.84. The van der Waals surface area contributed by atoms with E-state index in [2.05, 4.69) is 23.5 Å². The number of hydrogen-bond donors (Lipinski definition) is 3. The zero-order valence-electron chi connectivity index (χ0n) is 19.3. The van der Waals surface area contributed by atoms with Gasteiger partial charge in [0.05, 0.1) is 12.2 Å². The van der Waals surface area contributed by atoms with Crippen molar-refractivity contribution in [3.05, 3.63) is 69.7 Å². The summed E-state index contributed by atoms with van der Waals surface area (Å²) in [5.74, 6) is 0.502. The van der Waals surface area contributed by atoms with Crippen LogP contribution in [0, 0.1) is 0 Å². The number of aliphatic hydroxyl groups excluding tert-OH is 1. The van der Waals surface area contributed by atoms with Crippen molar-refractivity contribution in [3.63, 3.8) is 0 Å². The highest BCUT2D eigenvalue weighted by Gasteiger charge is 2.29. The molecule has 5 nitrogen and oxygen atoms in total. The Morgan fingerprint density at radius 3 is 2.41 bits per heavy atom. The van der Waals surface area contributed by atoms with Crippen molar-refractivity contribution in [2.24, 2.45) is 0 Å². The van der Waals surface area contributed by atoms with E-state index >= 15 is 0 Å². The molecule has 3 rings (SSSR count). The maximum absolute atomic E-state index is 12.9. The summed E-state index contributed by atoms with van der Waals surface area (Å²) >= 11 is 5.95. The lowest BCUT2D eigenvalue weighted by Crippen LogP contribution is -2.39. The van der Waals surface area contributed by atoms with Crippen molar-refractivity contribution < 1.29 is 15.0 Å². The second kappa shape index (κ2) is 10.8. The first-order chi connectivity index (χ1) is 15.2. The first-order valence-corrected chi connectivity index (χ1v) is 11.7. The van der Waals surface area contributed by atoms with E-state index in [1.807, 2.05) is 19.0 Å². The van der Waals surface area contributed by atoms with E-state index in [1.54, 1.807) is 31.2 Å². The molecule has 0 saturated heterocycles. The molecular formula is C26H35ClN2O3. The molecule has 3 N–H and O–H groups in total. The van der Waals surface area contributed by atoms with Crippen LogP contribution >= 0.6 is 11.6 Å². The van der Waals surface area contributed by atoms with Gasteiger partial charge in [-0.2, -0.15) is 0 Å². The van der Waals surface area contributed by atoms with E-state index in [9.17, 15) is 15.0 Å². The summed E-state index contributed by atoms with van der Waals surface area (Å²) in [5, 5.41) is 23.5. The Hall–Kier alpha value is -1.92. The molecule has 32 heavy (non-hydrogen) atoms. The normalized spacial score (nSPS) is 20.6. The van der Waals surface area contributed by atoms with Gasteiger partial charge in [-0.05, 0) is 86.5 Å². The highest BCUT2D eigenvalue weighted by molar-refractivity contribution is 6.30. The molecular weight excluding hydrogens is 424 g/mol. The van der Waals surface area contributed by atoms with Crippen LogP contribution in [0.5, 0.6) is 0 Å². The van der Waals surface area contributed by atoms with Gasteiger partial charge in [0.2, 0.25) is 0 Å². The molecule has 0 aromatic heterocycles. The fraction of sp³-hybridized carbons (Fsp3) is 0.500. The minimum atomic E-state index is -1.11. The summed E-state index contributed by atoms with van der Waals surface area (Å²) in [6.45, 7) is 2.16. The quantitative estimate of drug-likeness (QED) is 0.555. The van der Waals surface area contributed by atoms with Crippen molar-refractivity contribution in [2.75, 3.05) is 20.7 Å². The first-order valence-electron chi connectivity index (χ1n) is 11.4. The summed E-state index contributed by atoms with van der Waals surface area (Å²) < 4.78 is 0. The molecule has 1 amide bonds. The fourth-order valence-electron chi connectivity index (χ4n) is 4.74. The van der Waals surface area contributed by atoms with E-state index in [4.69, 9.17) is 11.6 Å². The van der Waals surface area contributed by atoms with E-state index < -0.39 is 5.60 Å². The van der Waals surface area contributed by atoms with E-state index in [1.165, 1.54) is 11.1 Å². The molecule has 0 spiro atoms. The molecule has 1 atom stereocenters. The van der Waals surface area contributed by atoms with Crippen molar-refractivity contribution in [3.8, 4) is 0 Å². The molecule has 0 bridgehead atoms. The molecule has 1 fully saturated rings. The third-order valence-electron chi connectivity index (χ3n) is 6.60. The number of carbonyl (C=O) groups is 1. The predicted molar refractivity (Wildman–Crippen MR) is 129 cm³/mol. The van der Waals surface area contributed by atoms with Crippen LogP contribution in [0.3, 0.4) is 0 Å². The van der Waals surface area contributed by atoms with Gasteiger partial charge < -0.3 is 20.4 Å². The van der Waals surface area contributed by atoms with E-state index in [0.717, 1.165) is 37.8 Å². The van der Waals surface area contributed by atoms with Crippen LogP contribution in [-0.2, 0) is 13.0 Å². The Morgan fingerprint density at radius 2 is 1.81 bits per heavy atom. The molecule has 6 heteroatoms. The Labute approximate surface area is 196 Å². The maximum atomic E-state index is 12.9. The van der Waals surface area contributed by atoms with Gasteiger partial charge in [0.1, 0.15) is 0 Å². The average Bonchev–Trinajstić information content (AvgIpc) is 2.79. The number of hydrogen-bond acceptors (Lipinski definition) is 4. The monoisotopic (exact) mass is 458 g/mol. The van der Waals surface area contributed by atoms with Crippen molar-refractivity contribution in [1.29, 1.82) is 0 Å². The van der Waals surface area contributed by atoms with Crippen molar-refractivity contribution >= 4 is 17.5 Å². The molecule has 1 saturated carbocycles. The number of aliphatic hydroxyl groups is 2. The molecule has 0 unspecified atom stereocenters. The summed E-state index contributed by atoms with van der Waals surface area (Å²) in [4.78, 5) is 14.7. The summed E-state index contributed by atoms with van der Waals surface area (Å²) in [5.41, 5.74) is 3.17. The molecule has 0 radical (unpaired) electrons. The van der Waals surface area contributed by atoms with E-state index in [-0.39, 0.29) is 18.6 Å². The standard InChI is InChI=1S/C26H35ClN2O3/c1-26(32,17-30)15-18-4-13-24(21(14-18)16-28-2)19-7-11-23(12-8-19)29(3)25(31)20-5-9-22(27)10-6-20/h4-6,9-10,13-14,19,23,28,30,32H,7-8,11-12,15-17H2,1-3H3/t19?,23?,26-/m1/s1. The van der Waals surface area contributed by atoms with E-state index in [0.29, 0.717) is 22.9 Å². The van der Waals surface area contributed by atoms with Crippen LogP contribution in [0.1, 0.15) is 65.6 Å². The van der Waals surface area contributed by atoms with Crippen LogP contribution in [0.2, 0.25) is 5.02 Å². The lowest BCUT2D eigenvalue weighted by Gasteiger charge is -2.35. The Balaban J connectivity index is 1.67. The third-order valence-corrected chi connectivity index (χ3v) is 6.85. The van der Waals surface area contributed by atoms with Crippen molar-refractivity contribution in [1.82, 2.24) is 10.2 Å². The van der Waals surface area contributed by atoms with Gasteiger partial charge in [-0.1, -0.05) is 29.8 Å². The minimum absolute atomic E-state index is 0.0428. The molecule has 0 heterocycles. The zero-order chi connectivity index (χ0) is 23.3. The second-order valence-corrected chi connectivity index (χ2v) is 9.76. The number of carbonyl (C=O) groups excluding carboxylic acids is 1. The lowest BCUT2D eigenvalue weighted by molar-refractivity contribution is 0.00230. The van der Waals surface area contributed by atoms with Crippen LogP contribution < -0.4 is 5.32 Å². The molecule has 0 aliphatic heterocycles. The van der Waals surface area contributed by atoms with Crippen LogP contribution in [0.15, 0.2) is 42.5 Å². The Kier molecular flexibility index (Phi) is 8.34. The van der Waals surface area contributed by atoms with Gasteiger partial charge in [0, 0.05) is 36.6 Å². The number of amides is 1. The van der Waals surface area contributed by atoms with Gasteiger partial charge in [-0.3, -0.25) is 4.79 Å². The van der Waals surface area contributed by atoms with Crippen LogP contribution in [0.4, 0.5) is 0 Å². The fourth-order valence-corrected chi connectivity index (χ4v) is 4.87. The number of halogens is 1. The SMILES string of the molecule is CNCc1cc(C[C@@](C)(O)CO)ccc1C1CCC(N(C)C(=O)c2ccc(Cl)cc2)CC1. The van der Waals surface area contributed by atoms with Gasteiger partial charge in [0.15, 0.2) is 0 Å². The highest BCUT2D eigenvalue weighted by atomic mass is 35.5. The second-order valence-electron chi connectivity index (χ2n) is 9.32. The topological polar surface area (TPSA) is 72.8 Å². The Bertz CT molecular complexity index is 906. The third kappa shape index (κ3) is 6.10. The van der Waals surface area contributed by atoms with Crippen LogP contribution in [0.25, 0.3) is 0 Å². The number of nitrogens with one attached hydrogen (secondary N) is 1. The van der Waals surface area contributed by atoms with Gasteiger partial charge in [0.25, 0.3) is 5.91 Å². The van der Waals surface area contributed by atoms with Crippen LogP contribution in [-0.4, -0.2) is 53.4 Å². The van der Waals surface area contributed by atoms with Gasteiger partial charge in [-0.15, -0.1) is 0 Å². The molecule has 2 aromatic carbocycles. The lowest BCUT2D eigenvalue weighted by atomic mass is 9.79. The number of nitrogens with zero attached hydrogens (tertiary/aromatic N) is 1. The molecule has 174 valence electrons. The smallest absolute Gasteiger partial charge is 0.253 e. The number of rotatable bonds is 8. The van der Waals surface area contributed by atoms with Gasteiger partial charge in [-0.25, -0.2) is 0 Å². The van der Waals surface area contributed by atoms with Crippen molar-refractivity contribution in [2.45, 2.75) is 63.1 Å². The van der Waals surface area contributed by atoms with Gasteiger partial charge >= 0.3 is 0 Å². The summed E-state index contributed by atoms with van der Waals surface area (Å²) in [6, 6.07) is 13.7. The first kappa shape index (κ1) is 24.7. The zero-order valence-corrected chi connectivity index (χ0v) is 20.0. The largest absolute Gasteiger partial charge is 0.393 e. The number of benzene rings is 2. The minimum Gasteiger partial charge on any atom is -0.393 e. The Morgan fingerprint density at radius 1 is 1.16 bits per heavy atom.